The van der Waals surface area contributed by atoms with Crippen LogP contribution in [-0.4, -0.2) is 16.7 Å². The minimum absolute atomic E-state index is 0.180. The van der Waals surface area contributed by atoms with Crippen LogP contribution in [0, 0.1) is 6.92 Å². The lowest BCUT2D eigenvalue weighted by molar-refractivity contribution is -0.115. The molecule has 4 heteroatoms. The molecule has 4 nitrogen and oxygen atoms in total. The third-order valence-corrected chi connectivity index (χ3v) is 3.11. The van der Waals surface area contributed by atoms with Gasteiger partial charge in [-0.05, 0) is 36.3 Å². The van der Waals surface area contributed by atoms with Gasteiger partial charge in [0.25, 0.3) is 5.91 Å². The van der Waals surface area contributed by atoms with Gasteiger partial charge >= 0.3 is 0 Å². The number of nitrogens with zero attached hydrogens (tertiary/aromatic N) is 2. The lowest BCUT2D eigenvalue weighted by Crippen LogP contribution is -2.25. The quantitative estimate of drug-likeness (QED) is 0.845. The van der Waals surface area contributed by atoms with Crippen LogP contribution < -0.4 is 5.32 Å². The van der Waals surface area contributed by atoms with Crippen LogP contribution in [0.3, 0.4) is 0 Å². The molecule has 1 aliphatic rings. The van der Waals surface area contributed by atoms with Crippen molar-refractivity contribution in [1.29, 1.82) is 0 Å². The molecule has 0 spiro atoms. The first kappa shape index (κ1) is 12.3. The number of aryl methyl sites for hydroxylation is 1. The van der Waals surface area contributed by atoms with E-state index >= 15 is 0 Å². The first-order valence-corrected chi connectivity index (χ1v) is 6.32. The van der Waals surface area contributed by atoms with Gasteiger partial charge in [0.15, 0.2) is 0 Å². The van der Waals surface area contributed by atoms with E-state index in [1.807, 2.05) is 43.3 Å². The molecule has 0 fully saturated rings. The Bertz CT molecular complexity index is 718. The third-order valence-electron chi connectivity index (χ3n) is 3.11. The molecule has 3 rings (SSSR count). The number of aromatic nitrogens is 1. The minimum Gasteiger partial charge on any atom is -0.305 e. The van der Waals surface area contributed by atoms with E-state index in [9.17, 15) is 4.79 Å². The van der Waals surface area contributed by atoms with Gasteiger partial charge in [0, 0.05) is 18.0 Å². The van der Waals surface area contributed by atoms with Crippen molar-refractivity contribution in [3.63, 3.8) is 0 Å². The van der Waals surface area contributed by atoms with Crippen LogP contribution in [-0.2, 0) is 4.79 Å². The highest BCUT2D eigenvalue weighted by atomic mass is 16.2. The Morgan fingerprint density at radius 2 is 1.85 bits per heavy atom. The molecule has 0 atom stereocenters. The molecule has 1 N–H and O–H groups in total. The largest absolute Gasteiger partial charge is 0.305 e. The second kappa shape index (κ2) is 5.09. The Morgan fingerprint density at radius 1 is 1.10 bits per heavy atom. The number of pyridine rings is 1. The standard InChI is InChI=1S/C16H13N3O/c1-11-4-2-3-5-13(11)15-18-14(16(20)19-15)10-12-6-8-17-9-7-12/h2-10H,1H3,(H,18,19,20)/b14-10+. The summed E-state index contributed by atoms with van der Waals surface area (Å²) in [4.78, 5) is 20.3. The molecule has 20 heavy (non-hydrogen) atoms. The van der Waals surface area contributed by atoms with Gasteiger partial charge in [-0.2, -0.15) is 0 Å². The summed E-state index contributed by atoms with van der Waals surface area (Å²) in [5.41, 5.74) is 3.34. The molecular weight excluding hydrogens is 250 g/mol. The second-order valence-electron chi connectivity index (χ2n) is 4.54. The van der Waals surface area contributed by atoms with Crippen molar-refractivity contribution < 1.29 is 4.79 Å². The van der Waals surface area contributed by atoms with Gasteiger partial charge in [0.05, 0.1) is 0 Å². The Balaban J connectivity index is 1.98. The molecule has 2 heterocycles. The Kier molecular flexibility index (Phi) is 3.13. The van der Waals surface area contributed by atoms with E-state index in [4.69, 9.17) is 0 Å². The first-order chi connectivity index (χ1) is 9.74. The topological polar surface area (TPSA) is 54.4 Å². The van der Waals surface area contributed by atoms with E-state index in [0.29, 0.717) is 11.5 Å². The highest BCUT2D eigenvalue weighted by Gasteiger charge is 2.21. The van der Waals surface area contributed by atoms with Crippen LogP contribution in [0.2, 0.25) is 0 Å². The average molecular weight is 263 g/mol. The highest BCUT2D eigenvalue weighted by Crippen LogP contribution is 2.16. The van der Waals surface area contributed by atoms with Crippen molar-refractivity contribution in [3.05, 3.63) is 71.2 Å². The van der Waals surface area contributed by atoms with Gasteiger partial charge in [0.1, 0.15) is 11.5 Å². The number of carbonyl (C=O) groups excluding carboxylic acids is 1. The summed E-state index contributed by atoms with van der Waals surface area (Å²) >= 11 is 0. The fraction of sp³-hybridized carbons (Fsp3) is 0.0625. The van der Waals surface area contributed by atoms with Crippen molar-refractivity contribution in [2.24, 2.45) is 4.99 Å². The smallest absolute Gasteiger partial charge is 0.275 e. The normalized spacial score (nSPS) is 16.1. The predicted molar refractivity (Wildman–Crippen MR) is 78.1 cm³/mol. The van der Waals surface area contributed by atoms with E-state index in [1.54, 1.807) is 18.5 Å². The first-order valence-electron chi connectivity index (χ1n) is 6.32. The SMILES string of the molecule is Cc1ccccc1C1=N/C(=C/c2ccncc2)C(=O)N1. The molecule has 0 aliphatic carbocycles. The summed E-state index contributed by atoms with van der Waals surface area (Å²) in [6, 6.07) is 11.5. The van der Waals surface area contributed by atoms with Gasteiger partial charge < -0.3 is 5.32 Å². The number of amides is 1. The Morgan fingerprint density at radius 3 is 2.60 bits per heavy atom. The molecule has 0 saturated carbocycles. The number of hydrogen-bond acceptors (Lipinski definition) is 3. The lowest BCUT2D eigenvalue weighted by atomic mass is 10.1. The summed E-state index contributed by atoms with van der Waals surface area (Å²) in [5, 5.41) is 2.81. The van der Waals surface area contributed by atoms with Crippen molar-refractivity contribution in [1.82, 2.24) is 10.3 Å². The highest BCUT2D eigenvalue weighted by molar-refractivity contribution is 6.20. The number of amidine groups is 1. The predicted octanol–water partition coefficient (Wildman–Crippen LogP) is 2.31. The van der Waals surface area contributed by atoms with E-state index < -0.39 is 0 Å². The molecule has 98 valence electrons. The monoisotopic (exact) mass is 263 g/mol. The van der Waals surface area contributed by atoms with E-state index in [-0.39, 0.29) is 5.91 Å². The molecule has 1 aromatic carbocycles. The zero-order chi connectivity index (χ0) is 13.9. The molecule has 1 aliphatic heterocycles. The maximum absolute atomic E-state index is 12.0. The Labute approximate surface area is 116 Å². The third kappa shape index (κ3) is 2.36. The number of rotatable bonds is 2. The van der Waals surface area contributed by atoms with Gasteiger partial charge in [-0.1, -0.05) is 24.3 Å². The van der Waals surface area contributed by atoms with Crippen LogP contribution in [0.15, 0.2) is 59.5 Å². The number of hydrogen-bond donors (Lipinski definition) is 1. The van der Waals surface area contributed by atoms with E-state index in [1.165, 1.54) is 0 Å². The van der Waals surface area contributed by atoms with Crippen molar-refractivity contribution >= 4 is 17.8 Å². The van der Waals surface area contributed by atoms with Crippen LogP contribution in [0.1, 0.15) is 16.7 Å². The Hall–Kier alpha value is -2.75. The van der Waals surface area contributed by atoms with E-state index in [2.05, 4.69) is 15.3 Å². The van der Waals surface area contributed by atoms with Crippen LogP contribution in [0.25, 0.3) is 6.08 Å². The number of carbonyl (C=O) groups is 1. The molecule has 1 amide bonds. The molecule has 0 radical (unpaired) electrons. The van der Waals surface area contributed by atoms with Gasteiger partial charge in [0.2, 0.25) is 0 Å². The lowest BCUT2D eigenvalue weighted by Gasteiger charge is -2.03. The van der Waals surface area contributed by atoms with E-state index in [0.717, 1.165) is 16.7 Å². The summed E-state index contributed by atoms with van der Waals surface area (Å²) in [6.07, 6.45) is 5.12. The molecule has 2 aromatic rings. The molecule has 0 saturated heterocycles. The van der Waals surface area contributed by atoms with Crippen LogP contribution in [0.4, 0.5) is 0 Å². The van der Waals surface area contributed by atoms with Crippen molar-refractivity contribution in [2.75, 3.05) is 0 Å². The van der Waals surface area contributed by atoms with Crippen LogP contribution in [0.5, 0.6) is 0 Å². The van der Waals surface area contributed by atoms with Crippen molar-refractivity contribution in [3.8, 4) is 0 Å². The summed E-state index contributed by atoms with van der Waals surface area (Å²) in [7, 11) is 0. The minimum atomic E-state index is -0.180. The summed E-state index contributed by atoms with van der Waals surface area (Å²) in [5.74, 6) is 0.425. The second-order valence-corrected chi connectivity index (χ2v) is 4.54. The van der Waals surface area contributed by atoms with Crippen LogP contribution >= 0.6 is 0 Å². The van der Waals surface area contributed by atoms with Crippen molar-refractivity contribution in [2.45, 2.75) is 6.92 Å². The number of nitrogens with one attached hydrogen (secondary N) is 1. The van der Waals surface area contributed by atoms with Gasteiger partial charge in [-0.15, -0.1) is 0 Å². The maximum atomic E-state index is 12.0. The zero-order valence-corrected chi connectivity index (χ0v) is 11.0. The summed E-state index contributed by atoms with van der Waals surface area (Å²) in [6.45, 7) is 1.99. The average Bonchev–Trinajstić information content (AvgIpc) is 2.81. The molecule has 0 unspecified atom stereocenters. The fourth-order valence-electron chi connectivity index (χ4n) is 2.05. The number of benzene rings is 1. The molecule has 0 bridgehead atoms. The molecular formula is C16H13N3O. The van der Waals surface area contributed by atoms with Gasteiger partial charge in [-0.3, -0.25) is 9.78 Å². The number of aliphatic imine (C=N–C) groups is 1. The zero-order valence-electron chi connectivity index (χ0n) is 11.0. The fourth-order valence-corrected chi connectivity index (χ4v) is 2.05. The molecule has 1 aromatic heterocycles. The van der Waals surface area contributed by atoms with Gasteiger partial charge in [-0.25, -0.2) is 4.99 Å². The summed E-state index contributed by atoms with van der Waals surface area (Å²) < 4.78 is 0. The maximum Gasteiger partial charge on any atom is 0.275 e.